The van der Waals surface area contributed by atoms with Crippen molar-refractivity contribution >= 4 is 5.91 Å². The van der Waals surface area contributed by atoms with Gasteiger partial charge in [0.2, 0.25) is 5.91 Å². The number of nitrogens with two attached hydrogens (primary N) is 1. The molecule has 3 N–H and O–H groups in total. The van der Waals surface area contributed by atoms with Crippen LogP contribution in [-0.4, -0.2) is 22.3 Å². The van der Waals surface area contributed by atoms with Crippen LogP contribution in [0.1, 0.15) is 12.8 Å². The molecule has 1 atom stereocenters. The number of rotatable bonds is 0. The minimum Gasteiger partial charge on any atom is -0.372 e. The smallest absolute Gasteiger partial charge is 0.238 e. The quantitative estimate of drug-likeness (QED) is 0.308. The summed E-state index contributed by atoms with van der Waals surface area (Å²) in [5.74, 6) is 4.87. The molecule has 1 unspecified atom stereocenters. The third-order valence-corrected chi connectivity index (χ3v) is 1.23. The van der Waals surface area contributed by atoms with Crippen LogP contribution in [0.4, 0.5) is 0 Å². The van der Waals surface area contributed by atoms with Gasteiger partial charge in [-0.25, -0.2) is 5.84 Å². The molecule has 1 heterocycles. The maximum absolute atomic E-state index is 10.4. The summed E-state index contributed by atoms with van der Waals surface area (Å²) in [5.41, 5.74) is 0. The molecule has 0 saturated carbocycles. The first kappa shape index (κ1) is 5.53. The van der Waals surface area contributed by atoms with Gasteiger partial charge in [0.25, 0.3) is 0 Å². The molecule has 1 amide bonds. The van der Waals surface area contributed by atoms with Crippen LogP contribution in [-0.2, 0) is 4.79 Å². The first-order valence-electron chi connectivity index (χ1n) is 2.46. The van der Waals surface area contributed by atoms with E-state index in [-0.39, 0.29) is 5.91 Å². The van der Waals surface area contributed by atoms with Crippen LogP contribution < -0.4 is 5.84 Å². The highest BCUT2D eigenvalue weighted by Gasteiger charge is 2.25. The Bertz CT molecular complexity index is 115. The molecule has 0 spiro atoms. The normalized spacial score (nSPS) is 29.5. The van der Waals surface area contributed by atoms with E-state index in [0.29, 0.717) is 12.8 Å². The summed E-state index contributed by atoms with van der Waals surface area (Å²) in [4.78, 5) is 10.4. The number of hydrazine groups is 1. The molecular weight excluding hydrogens is 108 g/mol. The van der Waals surface area contributed by atoms with E-state index >= 15 is 0 Å². The lowest BCUT2D eigenvalue weighted by atomic mass is 10.4. The van der Waals surface area contributed by atoms with Gasteiger partial charge in [-0.3, -0.25) is 9.80 Å². The predicted molar refractivity (Wildman–Crippen MR) is 26.3 cm³/mol. The maximum Gasteiger partial charge on any atom is 0.238 e. The second-order valence-electron chi connectivity index (χ2n) is 1.82. The summed E-state index contributed by atoms with van der Waals surface area (Å²) in [7, 11) is 0. The fraction of sp³-hybridized carbons (Fsp3) is 0.750. The van der Waals surface area contributed by atoms with E-state index in [9.17, 15) is 4.79 Å². The van der Waals surface area contributed by atoms with Crippen molar-refractivity contribution in [2.45, 2.75) is 19.1 Å². The first-order chi connectivity index (χ1) is 3.72. The second-order valence-corrected chi connectivity index (χ2v) is 1.82. The number of amides is 1. The molecule has 1 fully saturated rings. The number of aliphatic hydroxyl groups excluding tert-OH is 1. The fourth-order valence-electron chi connectivity index (χ4n) is 0.687. The number of nitrogens with zero attached hydrogens (tertiary/aromatic N) is 1. The molecule has 1 aliphatic heterocycles. The van der Waals surface area contributed by atoms with Gasteiger partial charge in [0.05, 0.1) is 0 Å². The fourth-order valence-corrected chi connectivity index (χ4v) is 0.687. The Morgan fingerprint density at radius 2 is 2.50 bits per heavy atom. The number of aliphatic hydroxyl groups is 1. The Balaban J connectivity index is 2.56. The lowest BCUT2D eigenvalue weighted by Gasteiger charge is -2.11. The molecule has 0 aliphatic carbocycles. The Morgan fingerprint density at radius 1 is 1.88 bits per heavy atom. The Morgan fingerprint density at radius 3 is 2.62 bits per heavy atom. The molecule has 46 valence electrons. The molecule has 0 bridgehead atoms. The summed E-state index contributed by atoms with van der Waals surface area (Å²) < 4.78 is 0. The van der Waals surface area contributed by atoms with Crippen molar-refractivity contribution < 1.29 is 9.90 Å². The number of carbonyl (C=O) groups is 1. The van der Waals surface area contributed by atoms with E-state index < -0.39 is 6.23 Å². The van der Waals surface area contributed by atoms with E-state index in [1.807, 2.05) is 0 Å². The van der Waals surface area contributed by atoms with Crippen LogP contribution in [0.2, 0.25) is 0 Å². The van der Waals surface area contributed by atoms with Crippen LogP contribution >= 0.6 is 0 Å². The van der Waals surface area contributed by atoms with Crippen LogP contribution in [0, 0.1) is 0 Å². The van der Waals surface area contributed by atoms with E-state index in [1.165, 1.54) is 0 Å². The highest BCUT2D eigenvalue weighted by Crippen LogP contribution is 2.10. The molecular formula is C4H8N2O2. The number of hydrogen-bond acceptors (Lipinski definition) is 3. The molecule has 0 aromatic heterocycles. The van der Waals surface area contributed by atoms with Crippen molar-refractivity contribution in [3.8, 4) is 0 Å². The third-order valence-electron chi connectivity index (χ3n) is 1.23. The Hall–Kier alpha value is -0.610. The summed E-state index contributed by atoms with van der Waals surface area (Å²) >= 11 is 0. The largest absolute Gasteiger partial charge is 0.372 e. The van der Waals surface area contributed by atoms with Gasteiger partial charge in [-0.2, -0.15) is 0 Å². The molecule has 1 aliphatic rings. The van der Waals surface area contributed by atoms with Crippen molar-refractivity contribution in [1.82, 2.24) is 5.01 Å². The molecule has 0 aromatic carbocycles. The SMILES string of the molecule is NN1C(=O)CCC1O. The minimum atomic E-state index is -0.748. The zero-order valence-corrected chi connectivity index (χ0v) is 4.37. The van der Waals surface area contributed by atoms with Crippen LogP contribution in [0.25, 0.3) is 0 Å². The van der Waals surface area contributed by atoms with Gasteiger partial charge in [0.1, 0.15) is 6.23 Å². The molecule has 8 heavy (non-hydrogen) atoms. The van der Waals surface area contributed by atoms with Crippen LogP contribution in [0.5, 0.6) is 0 Å². The zero-order chi connectivity index (χ0) is 6.15. The van der Waals surface area contributed by atoms with Crippen molar-refractivity contribution in [2.24, 2.45) is 5.84 Å². The molecule has 4 nitrogen and oxygen atoms in total. The summed E-state index contributed by atoms with van der Waals surface area (Å²) in [6.45, 7) is 0. The van der Waals surface area contributed by atoms with Gasteiger partial charge in [0.15, 0.2) is 0 Å². The first-order valence-corrected chi connectivity index (χ1v) is 2.46. The van der Waals surface area contributed by atoms with Gasteiger partial charge in [-0.15, -0.1) is 0 Å². The number of carbonyl (C=O) groups excluding carboxylic acids is 1. The van der Waals surface area contributed by atoms with Gasteiger partial charge in [-0.1, -0.05) is 0 Å². The van der Waals surface area contributed by atoms with Gasteiger partial charge < -0.3 is 5.11 Å². The van der Waals surface area contributed by atoms with Gasteiger partial charge in [0, 0.05) is 12.8 Å². The highest BCUT2D eigenvalue weighted by atomic mass is 16.3. The van der Waals surface area contributed by atoms with Gasteiger partial charge >= 0.3 is 0 Å². The molecule has 0 radical (unpaired) electrons. The zero-order valence-electron chi connectivity index (χ0n) is 4.37. The van der Waals surface area contributed by atoms with E-state index in [4.69, 9.17) is 10.9 Å². The predicted octanol–water partition coefficient (Wildman–Crippen LogP) is -1.20. The Labute approximate surface area is 46.9 Å². The molecule has 1 saturated heterocycles. The van der Waals surface area contributed by atoms with Gasteiger partial charge in [-0.05, 0) is 0 Å². The monoisotopic (exact) mass is 116 g/mol. The summed E-state index contributed by atoms with van der Waals surface area (Å²) in [5, 5.41) is 9.61. The molecule has 4 heteroatoms. The molecule has 1 rings (SSSR count). The highest BCUT2D eigenvalue weighted by molar-refractivity contribution is 5.77. The van der Waals surface area contributed by atoms with E-state index in [0.717, 1.165) is 5.01 Å². The minimum absolute atomic E-state index is 0.183. The second kappa shape index (κ2) is 1.72. The average Bonchev–Trinajstić information content (AvgIpc) is 1.98. The third kappa shape index (κ3) is 0.677. The van der Waals surface area contributed by atoms with E-state index in [2.05, 4.69) is 0 Å². The lowest BCUT2D eigenvalue weighted by molar-refractivity contribution is -0.133. The maximum atomic E-state index is 10.4. The topological polar surface area (TPSA) is 66.6 Å². The van der Waals surface area contributed by atoms with Crippen LogP contribution in [0.3, 0.4) is 0 Å². The van der Waals surface area contributed by atoms with E-state index in [1.54, 1.807) is 0 Å². The summed E-state index contributed by atoms with van der Waals surface area (Å²) in [6.07, 6.45) is 0.0926. The number of hydrogen-bond donors (Lipinski definition) is 2. The average molecular weight is 116 g/mol. The molecule has 0 aromatic rings. The standard InChI is InChI=1S/C4H8N2O2/c5-6-3(7)1-2-4(6)8/h3,7H,1-2,5H2. The summed E-state index contributed by atoms with van der Waals surface area (Å²) in [6, 6.07) is 0. The van der Waals surface area contributed by atoms with Crippen molar-refractivity contribution in [1.29, 1.82) is 0 Å². The van der Waals surface area contributed by atoms with Crippen molar-refractivity contribution in [2.75, 3.05) is 0 Å². The van der Waals surface area contributed by atoms with Crippen LogP contribution in [0.15, 0.2) is 0 Å². The van der Waals surface area contributed by atoms with Crippen molar-refractivity contribution in [3.63, 3.8) is 0 Å². The Kier molecular flexibility index (Phi) is 1.19. The lowest BCUT2D eigenvalue weighted by Crippen LogP contribution is -2.38. The van der Waals surface area contributed by atoms with Crippen molar-refractivity contribution in [3.05, 3.63) is 0 Å².